The minimum atomic E-state index is -4.43. The SMILES string of the molecule is O=C(O)c1cn(C2CC2)c2cc(N3CCN(Cc4nnc(-c5ccc(C(F)(F)F)cc5)o4)CC3)c(F)cc2c1=O. The molecule has 0 spiro atoms. The van der Waals surface area contributed by atoms with Crippen molar-refractivity contribution in [3.05, 3.63) is 75.7 Å². The summed E-state index contributed by atoms with van der Waals surface area (Å²) in [6.45, 7) is 2.36. The molecule has 4 aromatic rings. The molecule has 0 bridgehead atoms. The van der Waals surface area contributed by atoms with Crippen LogP contribution in [-0.4, -0.2) is 56.9 Å². The summed E-state index contributed by atoms with van der Waals surface area (Å²) in [6, 6.07) is 7.31. The number of rotatable bonds is 6. The van der Waals surface area contributed by atoms with Crippen molar-refractivity contribution in [2.75, 3.05) is 31.1 Å². The predicted octanol–water partition coefficient (Wildman–Crippen LogP) is 4.56. The van der Waals surface area contributed by atoms with Crippen LogP contribution in [0.2, 0.25) is 0 Å². The Kier molecular flexibility index (Phi) is 6.32. The molecule has 2 aromatic heterocycles. The van der Waals surface area contributed by atoms with E-state index in [0.29, 0.717) is 55.4 Å². The van der Waals surface area contributed by atoms with Gasteiger partial charge in [-0.05, 0) is 49.2 Å². The third kappa shape index (κ3) is 4.92. The minimum absolute atomic E-state index is 0.0481. The van der Waals surface area contributed by atoms with Gasteiger partial charge in [0, 0.05) is 49.4 Å². The number of carboxylic acid groups (broad SMARTS) is 1. The van der Waals surface area contributed by atoms with Gasteiger partial charge in [-0.25, -0.2) is 9.18 Å². The van der Waals surface area contributed by atoms with Gasteiger partial charge in [0.1, 0.15) is 11.4 Å². The molecule has 13 heteroatoms. The Balaban J connectivity index is 1.16. The topological polar surface area (TPSA) is 105 Å². The number of piperazine rings is 1. The van der Waals surface area contributed by atoms with E-state index in [4.69, 9.17) is 4.42 Å². The van der Waals surface area contributed by atoms with Crippen molar-refractivity contribution in [2.24, 2.45) is 0 Å². The van der Waals surface area contributed by atoms with Gasteiger partial charge in [0.25, 0.3) is 0 Å². The van der Waals surface area contributed by atoms with Crippen molar-refractivity contribution >= 4 is 22.6 Å². The molecule has 2 aliphatic rings. The van der Waals surface area contributed by atoms with Gasteiger partial charge < -0.3 is 19.0 Å². The van der Waals surface area contributed by atoms with E-state index < -0.39 is 29.0 Å². The number of halogens is 4. The predicted molar refractivity (Wildman–Crippen MR) is 136 cm³/mol. The highest BCUT2D eigenvalue weighted by Crippen LogP contribution is 2.38. The van der Waals surface area contributed by atoms with Gasteiger partial charge in [-0.15, -0.1) is 10.2 Å². The van der Waals surface area contributed by atoms with E-state index in [9.17, 15) is 27.9 Å². The smallest absolute Gasteiger partial charge is 0.416 e. The second kappa shape index (κ2) is 9.73. The zero-order valence-corrected chi connectivity index (χ0v) is 21.0. The van der Waals surface area contributed by atoms with E-state index in [1.54, 1.807) is 10.6 Å². The minimum Gasteiger partial charge on any atom is -0.477 e. The lowest BCUT2D eigenvalue weighted by atomic mass is 10.1. The van der Waals surface area contributed by atoms with Crippen molar-refractivity contribution in [3.63, 3.8) is 0 Å². The quantitative estimate of drug-likeness (QED) is 0.344. The number of hydrogen-bond donors (Lipinski definition) is 1. The number of carboxylic acids is 1. The van der Waals surface area contributed by atoms with E-state index in [1.165, 1.54) is 18.3 Å². The molecule has 40 heavy (non-hydrogen) atoms. The summed E-state index contributed by atoms with van der Waals surface area (Å²) in [5.74, 6) is -1.51. The fraction of sp³-hybridized carbons (Fsp3) is 0.333. The number of alkyl halides is 3. The highest BCUT2D eigenvalue weighted by molar-refractivity contribution is 5.93. The molecular weight excluding hydrogens is 534 g/mol. The molecule has 208 valence electrons. The molecule has 2 aromatic carbocycles. The van der Waals surface area contributed by atoms with Gasteiger partial charge in [0.15, 0.2) is 0 Å². The van der Waals surface area contributed by atoms with Gasteiger partial charge >= 0.3 is 12.1 Å². The van der Waals surface area contributed by atoms with Crippen LogP contribution < -0.4 is 10.3 Å². The zero-order valence-electron chi connectivity index (χ0n) is 21.0. The van der Waals surface area contributed by atoms with Gasteiger partial charge in [-0.2, -0.15) is 13.2 Å². The standard InChI is InChI=1S/C27H23F4N5O4/c28-20-11-18-21(36(17-5-6-17)13-19(24(18)37)26(38)39)12-22(20)35-9-7-34(8-10-35)14-23-32-33-25(40-23)15-1-3-16(4-2-15)27(29,30)31/h1-4,11-13,17H,5-10,14H2,(H,38,39). The van der Waals surface area contributed by atoms with E-state index in [1.807, 2.05) is 9.80 Å². The summed E-state index contributed by atoms with van der Waals surface area (Å²) in [6.07, 6.45) is -1.36. The fourth-order valence-electron chi connectivity index (χ4n) is 4.98. The molecule has 2 fully saturated rings. The molecule has 6 rings (SSSR count). The lowest BCUT2D eigenvalue weighted by molar-refractivity contribution is -0.137. The van der Waals surface area contributed by atoms with Crippen molar-refractivity contribution < 1.29 is 31.9 Å². The van der Waals surface area contributed by atoms with Crippen molar-refractivity contribution in [1.82, 2.24) is 19.7 Å². The number of pyridine rings is 1. The van der Waals surface area contributed by atoms with Gasteiger partial charge in [-0.3, -0.25) is 9.69 Å². The van der Waals surface area contributed by atoms with Gasteiger partial charge in [0.05, 0.1) is 23.3 Å². The Bertz CT molecular complexity index is 1650. The molecule has 1 aliphatic heterocycles. The maximum Gasteiger partial charge on any atom is 0.416 e. The summed E-state index contributed by atoms with van der Waals surface area (Å²) in [5, 5.41) is 17.4. The number of aromatic carboxylic acids is 1. The molecule has 0 atom stereocenters. The third-order valence-electron chi connectivity index (χ3n) is 7.27. The summed E-state index contributed by atoms with van der Waals surface area (Å²) in [4.78, 5) is 28.2. The first-order valence-electron chi connectivity index (χ1n) is 12.7. The zero-order chi connectivity index (χ0) is 28.2. The monoisotopic (exact) mass is 557 g/mol. The number of hydrogen-bond acceptors (Lipinski definition) is 7. The molecule has 0 unspecified atom stereocenters. The first-order chi connectivity index (χ1) is 19.1. The van der Waals surface area contributed by atoms with Crippen molar-refractivity contribution in [3.8, 4) is 11.5 Å². The number of nitrogens with zero attached hydrogens (tertiary/aromatic N) is 5. The number of benzene rings is 2. The first-order valence-corrected chi connectivity index (χ1v) is 12.7. The van der Waals surface area contributed by atoms with Crippen molar-refractivity contribution in [1.29, 1.82) is 0 Å². The number of carbonyl (C=O) groups is 1. The van der Waals surface area contributed by atoms with Crippen LogP contribution >= 0.6 is 0 Å². The molecule has 9 nitrogen and oxygen atoms in total. The largest absolute Gasteiger partial charge is 0.477 e. The van der Waals surface area contributed by atoms with Gasteiger partial charge in [0.2, 0.25) is 17.2 Å². The van der Waals surface area contributed by atoms with Crippen LogP contribution in [0.15, 0.2) is 51.8 Å². The molecule has 0 radical (unpaired) electrons. The molecule has 0 amide bonds. The second-order valence-electron chi connectivity index (χ2n) is 9.98. The Morgan fingerprint density at radius 2 is 1.75 bits per heavy atom. The van der Waals surface area contributed by atoms with E-state index in [-0.39, 0.29) is 22.9 Å². The van der Waals surface area contributed by atoms with Crippen LogP contribution in [0.3, 0.4) is 0 Å². The Labute approximate surface area is 224 Å². The maximum atomic E-state index is 15.2. The summed E-state index contributed by atoms with van der Waals surface area (Å²) in [5.41, 5.74) is -0.613. The molecule has 3 heterocycles. The normalized spacial score (nSPS) is 16.6. The maximum absolute atomic E-state index is 15.2. The highest BCUT2D eigenvalue weighted by Gasteiger charge is 2.31. The lowest BCUT2D eigenvalue weighted by Crippen LogP contribution is -2.46. The average Bonchev–Trinajstić information content (AvgIpc) is 3.66. The Morgan fingerprint density at radius 1 is 1.05 bits per heavy atom. The molecule has 1 aliphatic carbocycles. The first kappa shape index (κ1) is 26.0. The lowest BCUT2D eigenvalue weighted by Gasteiger charge is -2.35. The molecule has 1 saturated carbocycles. The average molecular weight is 558 g/mol. The molecular formula is C27H23F4N5O4. The fourth-order valence-corrected chi connectivity index (χ4v) is 4.98. The van der Waals surface area contributed by atoms with E-state index >= 15 is 4.39 Å². The summed E-state index contributed by atoms with van der Waals surface area (Å²) in [7, 11) is 0. The van der Waals surface area contributed by atoms with Gasteiger partial charge in [-0.1, -0.05) is 0 Å². The van der Waals surface area contributed by atoms with Crippen LogP contribution in [0, 0.1) is 5.82 Å². The van der Waals surface area contributed by atoms with E-state index in [0.717, 1.165) is 31.0 Å². The number of anilines is 1. The van der Waals surface area contributed by atoms with Crippen molar-refractivity contribution in [2.45, 2.75) is 31.6 Å². The van der Waals surface area contributed by atoms with Crippen LogP contribution in [0.4, 0.5) is 23.2 Å². The molecule has 1 saturated heterocycles. The van der Waals surface area contributed by atoms with Crippen LogP contribution in [-0.2, 0) is 12.7 Å². The Hall–Kier alpha value is -4.26. The number of aromatic nitrogens is 3. The van der Waals surface area contributed by atoms with Crippen LogP contribution in [0.5, 0.6) is 0 Å². The summed E-state index contributed by atoms with van der Waals surface area (Å²) < 4.78 is 61.1. The molecule has 1 N–H and O–H groups in total. The van der Waals surface area contributed by atoms with Crippen LogP contribution in [0.1, 0.15) is 40.7 Å². The van der Waals surface area contributed by atoms with E-state index in [2.05, 4.69) is 10.2 Å². The van der Waals surface area contributed by atoms with Crippen LogP contribution in [0.25, 0.3) is 22.4 Å². The summed E-state index contributed by atoms with van der Waals surface area (Å²) >= 11 is 0. The Morgan fingerprint density at radius 3 is 2.38 bits per heavy atom. The third-order valence-corrected chi connectivity index (χ3v) is 7.27. The highest BCUT2D eigenvalue weighted by atomic mass is 19.4. The second-order valence-corrected chi connectivity index (χ2v) is 9.98. The number of fused-ring (bicyclic) bond motifs is 1.